The molecule has 0 saturated carbocycles. The maximum atomic E-state index is 8.77. The molecule has 2 aromatic rings. The fraction of sp³-hybridized carbons (Fsp3) is 0.231. The van der Waals surface area contributed by atoms with Crippen LogP contribution in [0.25, 0.3) is 10.9 Å². The first-order valence-corrected chi connectivity index (χ1v) is 5.38. The predicted molar refractivity (Wildman–Crippen MR) is 65.7 cm³/mol. The van der Waals surface area contributed by atoms with E-state index in [1.165, 1.54) is 0 Å². The normalized spacial score (nSPS) is 12.0. The minimum atomic E-state index is -0.297. The molecular weight excluding hydrogens is 214 g/mol. The van der Waals surface area contributed by atoms with Crippen molar-refractivity contribution in [1.29, 1.82) is 5.26 Å². The van der Waals surface area contributed by atoms with E-state index in [1.807, 2.05) is 30.3 Å². The van der Waals surface area contributed by atoms with Gasteiger partial charge in [0, 0.05) is 17.6 Å². The van der Waals surface area contributed by atoms with Gasteiger partial charge in [-0.15, -0.1) is 0 Å². The third kappa shape index (κ3) is 2.71. The summed E-state index contributed by atoms with van der Waals surface area (Å²) in [7, 11) is 1.74. The summed E-state index contributed by atoms with van der Waals surface area (Å²) in [4.78, 5) is 4.25. The zero-order valence-corrected chi connectivity index (χ0v) is 9.55. The minimum absolute atomic E-state index is 0.297. The summed E-state index contributed by atoms with van der Waals surface area (Å²) in [5.41, 5.74) is 0.892. The van der Waals surface area contributed by atoms with Gasteiger partial charge in [-0.3, -0.25) is 4.98 Å². The van der Waals surface area contributed by atoms with Gasteiger partial charge in [0.1, 0.15) is 18.4 Å². The van der Waals surface area contributed by atoms with Crippen LogP contribution in [0.5, 0.6) is 5.75 Å². The zero-order chi connectivity index (χ0) is 12.1. The van der Waals surface area contributed by atoms with Gasteiger partial charge in [-0.1, -0.05) is 6.07 Å². The van der Waals surface area contributed by atoms with Gasteiger partial charge in [-0.25, -0.2) is 0 Å². The molecular formula is C13H13N3O. The van der Waals surface area contributed by atoms with E-state index in [-0.39, 0.29) is 6.04 Å². The number of nitrogens with one attached hydrogen (secondary N) is 1. The summed E-state index contributed by atoms with van der Waals surface area (Å²) < 4.78 is 5.53. The molecule has 1 N–H and O–H groups in total. The number of hydrogen-bond donors (Lipinski definition) is 1. The molecule has 0 aliphatic heterocycles. The molecule has 4 nitrogen and oxygen atoms in total. The number of nitriles is 1. The van der Waals surface area contributed by atoms with Crippen LogP contribution in [-0.4, -0.2) is 24.7 Å². The summed E-state index contributed by atoms with van der Waals surface area (Å²) in [5, 5.41) is 12.7. The number of benzene rings is 1. The third-order valence-electron chi connectivity index (χ3n) is 2.50. The second-order valence-corrected chi connectivity index (χ2v) is 3.64. The highest BCUT2D eigenvalue weighted by Crippen LogP contribution is 2.18. The number of rotatable bonds is 4. The SMILES string of the molecule is CNC(C#N)COc1ccc2cccnc2c1. The molecule has 1 atom stereocenters. The molecule has 0 radical (unpaired) electrons. The quantitative estimate of drug-likeness (QED) is 0.864. The van der Waals surface area contributed by atoms with Crippen LogP contribution < -0.4 is 10.1 Å². The van der Waals surface area contributed by atoms with Crippen molar-refractivity contribution in [3.05, 3.63) is 36.5 Å². The van der Waals surface area contributed by atoms with E-state index in [0.29, 0.717) is 6.61 Å². The van der Waals surface area contributed by atoms with E-state index in [4.69, 9.17) is 10.00 Å². The van der Waals surface area contributed by atoms with Crippen LogP contribution in [-0.2, 0) is 0 Å². The van der Waals surface area contributed by atoms with E-state index >= 15 is 0 Å². The maximum absolute atomic E-state index is 8.77. The number of likely N-dealkylation sites (N-methyl/N-ethyl adjacent to an activating group) is 1. The van der Waals surface area contributed by atoms with Gasteiger partial charge >= 0.3 is 0 Å². The molecule has 4 heteroatoms. The fourth-order valence-corrected chi connectivity index (χ4v) is 1.50. The van der Waals surface area contributed by atoms with Gasteiger partial charge in [0.25, 0.3) is 0 Å². The van der Waals surface area contributed by atoms with Crippen LogP contribution in [0.4, 0.5) is 0 Å². The molecule has 17 heavy (non-hydrogen) atoms. The van der Waals surface area contributed by atoms with Crippen molar-refractivity contribution in [2.75, 3.05) is 13.7 Å². The molecule has 0 spiro atoms. The van der Waals surface area contributed by atoms with Crippen molar-refractivity contribution < 1.29 is 4.74 Å². The molecule has 2 rings (SSSR count). The molecule has 0 bridgehead atoms. The topological polar surface area (TPSA) is 57.9 Å². The average molecular weight is 227 g/mol. The highest BCUT2D eigenvalue weighted by molar-refractivity contribution is 5.79. The standard InChI is InChI=1S/C13H13N3O/c1-15-11(8-14)9-17-12-5-4-10-3-2-6-16-13(10)7-12/h2-7,11,15H,9H2,1H3. The smallest absolute Gasteiger partial charge is 0.129 e. The summed E-state index contributed by atoms with van der Waals surface area (Å²) >= 11 is 0. The highest BCUT2D eigenvalue weighted by atomic mass is 16.5. The van der Waals surface area contributed by atoms with Gasteiger partial charge < -0.3 is 10.1 Å². The summed E-state index contributed by atoms with van der Waals surface area (Å²) in [6.07, 6.45) is 1.75. The second-order valence-electron chi connectivity index (χ2n) is 3.64. The Kier molecular flexibility index (Phi) is 3.53. The number of aromatic nitrogens is 1. The molecule has 0 saturated heterocycles. The Labute approximate surface area is 99.8 Å². The summed E-state index contributed by atoms with van der Waals surface area (Å²) in [6.45, 7) is 0.325. The van der Waals surface area contributed by atoms with Crippen molar-refractivity contribution in [3.8, 4) is 11.8 Å². The van der Waals surface area contributed by atoms with Crippen molar-refractivity contribution in [3.63, 3.8) is 0 Å². The van der Waals surface area contributed by atoms with Gasteiger partial charge in [0.05, 0.1) is 11.6 Å². The van der Waals surface area contributed by atoms with E-state index in [9.17, 15) is 0 Å². The lowest BCUT2D eigenvalue weighted by Crippen LogP contribution is -2.29. The van der Waals surface area contributed by atoms with Crippen LogP contribution in [0, 0.1) is 11.3 Å². The first kappa shape index (κ1) is 11.4. The van der Waals surface area contributed by atoms with E-state index in [2.05, 4.69) is 16.4 Å². The van der Waals surface area contributed by atoms with Crippen LogP contribution in [0.2, 0.25) is 0 Å². The Morgan fingerprint density at radius 1 is 1.47 bits per heavy atom. The Morgan fingerprint density at radius 2 is 2.35 bits per heavy atom. The van der Waals surface area contributed by atoms with Crippen molar-refractivity contribution in [1.82, 2.24) is 10.3 Å². The molecule has 1 unspecified atom stereocenters. The molecule has 0 fully saturated rings. The Hall–Kier alpha value is -2.12. The third-order valence-corrected chi connectivity index (χ3v) is 2.50. The second kappa shape index (κ2) is 5.28. The van der Waals surface area contributed by atoms with Gasteiger partial charge in [0.2, 0.25) is 0 Å². The molecule has 1 heterocycles. The lowest BCUT2D eigenvalue weighted by atomic mass is 10.2. The van der Waals surface area contributed by atoms with E-state index in [1.54, 1.807) is 13.2 Å². The number of hydrogen-bond acceptors (Lipinski definition) is 4. The van der Waals surface area contributed by atoms with Crippen LogP contribution in [0.1, 0.15) is 0 Å². The number of pyridine rings is 1. The Morgan fingerprint density at radius 3 is 3.12 bits per heavy atom. The summed E-state index contributed by atoms with van der Waals surface area (Å²) in [5.74, 6) is 0.728. The first-order chi connectivity index (χ1) is 8.33. The summed E-state index contributed by atoms with van der Waals surface area (Å²) in [6, 6.07) is 11.4. The average Bonchev–Trinajstić information content (AvgIpc) is 2.40. The van der Waals surface area contributed by atoms with Gasteiger partial charge in [-0.05, 0) is 25.2 Å². The number of ether oxygens (including phenoxy) is 1. The molecule has 86 valence electrons. The fourth-order valence-electron chi connectivity index (χ4n) is 1.50. The molecule has 0 aliphatic rings. The van der Waals surface area contributed by atoms with Crippen molar-refractivity contribution >= 4 is 10.9 Å². The molecule has 0 amide bonds. The number of nitrogens with zero attached hydrogens (tertiary/aromatic N) is 2. The van der Waals surface area contributed by atoms with Crippen LogP contribution in [0.3, 0.4) is 0 Å². The predicted octanol–water partition coefficient (Wildman–Crippen LogP) is 1.73. The lowest BCUT2D eigenvalue weighted by molar-refractivity contribution is 0.295. The minimum Gasteiger partial charge on any atom is -0.491 e. The van der Waals surface area contributed by atoms with Gasteiger partial charge in [0.15, 0.2) is 0 Å². The first-order valence-electron chi connectivity index (χ1n) is 5.38. The Balaban J connectivity index is 2.12. The lowest BCUT2D eigenvalue weighted by Gasteiger charge is -2.10. The van der Waals surface area contributed by atoms with E-state index < -0.39 is 0 Å². The van der Waals surface area contributed by atoms with Crippen LogP contribution >= 0.6 is 0 Å². The highest BCUT2D eigenvalue weighted by Gasteiger charge is 2.05. The Bertz CT molecular complexity index is 548. The molecule has 1 aromatic heterocycles. The van der Waals surface area contributed by atoms with Crippen molar-refractivity contribution in [2.45, 2.75) is 6.04 Å². The molecule has 0 aliphatic carbocycles. The maximum Gasteiger partial charge on any atom is 0.129 e. The monoisotopic (exact) mass is 227 g/mol. The number of fused-ring (bicyclic) bond motifs is 1. The van der Waals surface area contributed by atoms with Crippen molar-refractivity contribution in [2.24, 2.45) is 0 Å². The van der Waals surface area contributed by atoms with Crippen LogP contribution in [0.15, 0.2) is 36.5 Å². The van der Waals surface area contributed by atoms with Gasteiger partial charge in [-0.2, -0.15) is 5.26 Å². The van der Waals surface area contributed by atoms with E-state index in [0.717, 1.165) is 16.7 Å². The largest absolute Gasteiger partial charge is 0.491 e. The molecule has 1 aromatic carbocycles. The zero-order valence-electron chi connectivity index (χ0n) is 9.55.